The summed E-state index contributed by atoms with van der Waals surface area (Å²) in [6.45, 7) is 6.64. The molecule has 0 aliphatic carbocycles. The van der Waals surface area contributed by atoms with E-state index in [4.69, 9.17) is 26.8 Å². The molecule has 11 nitrogen and oxygen atoms in total. The van der Waals surface area contributed by atoms with Gasteiger partial charge >= 0.3 is 0 Å². The number of likely N-dealkylation sites (tertiary alicyclic amines) is 1. The molecule has 1 atom stereocenters. The van der Waals surface area contributed by atoms with Gasteiger partial charge in [-0.25, -0.2) is 19.6 Å². The highest BCUT2D eigenvalue weighted by atomic mass is 35.5. The number of aromatic nitrogens is 6. The van der Waals surface area contributed by atoms with Gasteiger partial charge in [-0.15, -0.1) is 0 Å². The maximum Gasteiger partial charge on any atom is 0.223 e. The monoisotopic (exact) mass is 577 g/mol. The number of pyridine rings is 2. The number of ether oxygens (including phenoxy) is 2. The van der Waals surface area contributed by atoms with Crippen LogP contribution in [0.2, 0.25) is 5.15 Å². The van der Waals surface area contributed by atoms with Gasteiger partial charge in [0.05, 0.1) is 23.7 Å². The number of nitrogens with two attached hydrogens (primary N) is 1. The fourth-order valence-corrected chi connectivity index (χ4v) is 5.02. The zero-order valence-corrected chi connectivity index (χ0v) is 24.6. The van der Waals surface area contributed by atoms with Crippen molar-refractivity contribution in [3.05, 3.63) is 53.7 Å². The number of hydrogen-bond donors (Lipinski definition) is 2. The van der Waals surface area contributed by atoms with Gasteiger partial charge in [0.2, 0.25) is 5.88 Å². The summed E-state index contributed by atoms with van der Waals surface area (Å²) in [5.74, 6) is 2.25. The first kappa shape index (κ1) is 28.6. The summed E-state index contributed by atoms with van der Waals surface area (Å²) in [5, 5.41) is 8.40. The van der Waals surface area contributed by atoms with Gasteiger partial charge in [0.25, 0.3) is 0 Å². The van der Waals surface area contributed by atoms with Crippen molar-refractivity contribution in [3.63, 3.8) is 0 Å². The molecule has 1 aliphatic rings. The van der Waals surface area contributed by atoms with Crippen LogP contribution in [0.3, 0.4) is 0 Å². The van der Waals surface area contributed by atoms with E-state index in [1.807, 2.05) is 39.1 Å². The molecule has 1 fully saturated rings. The van der Waals surface area contributed by atoms with E-state index < -0.39 is 0 Å². The van der Waals surface area contributed by atoms with E-state index in [0.717, 1.165) is 59.9 Å². The number of rotatable bonds is 10. The van der Waals surface area contributed by atoms with Crippen LogP contribution < -0.4 is 20.5 Å². The quantitative estimate of drug-likeness (QED) is 0.257. The van der Waals surface area contributed by atoms with Gasteiger partial charge in [-0.2, -0.15) is 5.10 Å². The smallest absolute Gasteiger partial charge is 0.223 e. The van der Waals surface area contributed by atoms with E-state index in [1.54, 1.807) is 29.3 Å². The van der Waals surface area contributed by atoms with Crippen molar-refractivity contribution >= 4 is 23.1 Å². The summed E-state index contributed by atoms with van der Waals surface area (Å²) in [7, 11) is 3.98. The summed E-state index contributed by atoms with van der Waals surface area (Å²) in [6, 6.07) is 7.38. The third kappa shape index (κ3) is 7.04. The van der Waals surface area contributed by atoms with Crippen LogP contribution in [-0.4, -0.2) is 73.5 Å². The molecule has 0 aromatic carbocycles. The Morgan fingerprint density at radius 3 is 2.66 bits per heavy atom. The molecule has 5 rings (SSSR count). The molecule has 0 bridgehead atoms. The first-order valence-corrected chi connectivity index (χ1v) is 14.1. The van der Waals surface area contributed by atoms with Gasteiger partial charge in [0.15, 0.2) is 5.82 Å². The minimum Gasteiger partial charge on any atom is -0.489 e. The Hall–Kier alpha value is -3.96. The van der Waals surface area contributed by atoms with Gasteiger partial charge in [0.1, 0.15) is 28.4 Å². The minimum atomic E-state index is -0.132. The minimum absolute atomic E-state index is 0.132. The Labute approximate surface area is 245 Å². The molecular weight excluding hydrogens is 542 g/mol. The highest BCUT2D eigenvalue weighted by molar-refractivity contribution is 6.29. The zero-order chi connectivity index (χ0) is 28.9. The number of nitrogens with one attached hydrogen (secondary N) is 1. The molecule has 5 heterocycles. The summed E-state index contributed by atoms with van der Waals surface area (Å²) in [5.41, 5.74) is 9.88. The normalized spacial score (nSPS) is 15.0. The van der Waals surface area contributed by atoms with Crippen molar-refractivity contribution in [2.45, 2.75) is 45.3 Å². The fraction of sp³-hybridized carbons (Fsp3) is 0.414. The van der Waals surface area contributed by atoms with E-state index >= 15 is 0 Å². The Morgan fingerprint density at radius 2 is 1.93 bits per heavy atom. The number of nitrogens with zero attached hydrogens (tertiary/aromatic N) is 7. The van der Waals surface area contributed by atoms with Gasteiger partial charge < -0.3 is 25.4 Å². The summed E-state index contributed by atoms with van der Waals surface area (Å²) in [6.07, 6.45) is 7.98. The predicted molar refractivity (Wildman–Crippen MR) is 160 cm³/mol. The predicted octanol–water partition coefficient (Wildman–Crippen LogP) is 4.62. The topological polar surface area (TPSA) is 129 Å². The van der Waals surface area contributed by atoms with E-state index in [1.165, 1.54) is 0 Å². The Morgan fingerprint density at radius 1 is 1.12 bits per heavy atom. The molecule has 12 heteroatoms. The lowest BCUT2D eigenvalue weighted by atomic mass is 10.1. The lowest BCUT2D eigenvalue weighted by Crippen LogP contribution is -2.35. The number of halogens is 1. The maximum absolute atomic E-state index is 6.32. The maximum atomic E-state index is 6.32. The van der Waals surface area contributed by atoms with Crippen molar-refractivity contribution in [1.82, 2.24) is 34.6 Å². The summed E-state index contributed by atoms with van der Waals surface area (Å²) < 4.78 is 14.2. The van der Waals surface area contributed by atoms with Crippen molar-refractivity contribution < 1.29 is 9.47 Å². The van der Waals surface area contributed by atoms with Gasteiger partial charge in [-0.05, 0) is 58.0 Å². The van der Waals surface area contributed by atoms with Crippen molar-refractivity contribution in [3.8, 4) is 34.3 Å². The molecule has 1 saturated heterocycles. The van der Waals surface area contributed by atoms with Crippen LogP contribution in [0.4, 0.5) is 11.5 Å². The van der Waals surface area contributed by atoms with Gasteiger partial charge in [-0.3, -0.25) is 4.98 Å². The third-order valence-electron chi connectivity index (χ3n) is 7.10. The Kier molecular flexibility index (Phi) is 8.84. The Bertz CT molecular complexity index is 1470. The number of nitrogen functional groups attached to an aromatic ring is 1. The molecule has 41 heavy (non-hydrogen) atoms. The molecule has 0 unspecified atom stereocenters. The van der Waals surface area contributed by atoms with Crippen LogP contribution in [0.1, 0.15) is 31.9 Å². The van der Waals surface area contributed by atoms with E-state index in [2.05, 4.69) is 42.3 Å². The molecule has 4 aromatic rings. The Balaban J connectivity index is 1.22. The number of hydrogen-bond acceptors (Lipinski definition) is 10. The molecule has 216 valence electrons. The summed E-state index contributed by atoms with van der Waals surface area (Å²) in [4.78, 5) is 20.0. The molecule has 0 amide bonds. The fourth-order valence-electron chi connectivity index (χ4n) is 4.87. The molecular formula is C29H36ClN9O2. The first-order valence-electron chi connectivity index (χ1n) is 13.8. The van der Waals surface area contributed by atoms with Crippen LogP contribution in [0, 0.1) is 6.92 Å². The summed E-state index contributed by atoms with van der Waals surface area (Å²) >= 11 is 6.25. The van der Waals surface area contributed by atoms with Crippen molar-refractivity contribution in [2.75, 3.05) is 37.7 Å². The van der Waals surface area contributed by atoms with Crippen molar-refractivity contribution in [2.24, 2.45) is 7.05 Å². The molecule has 0 saturated carbocycles. The van der Waals surface area contributed by atoms with Crippen LogP contribution in [0.25, 0.3) is 22.6 Å². The van der Waals surface area contributed by atoms with Crippen molar-refractivity contribution in [1.29, 1.82) is 0 Å². The number of aryl methyl sites for hydroxylation is 2. The van der Waals surface area contributed by atoms with Crippen LogP contribution in [-0.2, 0) is 7.05 Å². The van der Waals surface area contributed by atoms with Crippen LogP contribution in [0.15, 0.2) is 42.9 Å². The second-order valence-corrected chi connectivity index (χ2v) is 10.8. The molecule has 4 aromatic heterocycles. The average molecular weight is 578 g/mol. The third-order valence-corrected chi connectivity index (χ3v) is 7.31. The van der Waals surface area contributed by atoms with Gasteiger partial charge in [-0.1, -0.05) is 11.6 Å². The molecule has 1 aliphatic heterocycles. The standard InChI is InChI=1S/C29H36ClN9O2/c1-18(40-29-27(19(2)37-39(29)4)28-33-12-8-26(31)36-28)7-11-32-24-15-25(30)35-17-22(24)23-6-5-21(16-34-23)41-20-9-13-38(3)14-10-20/h5-6,8,12,15-18,20H,7,9-11,13-14H2,1-4H3,(H,32,35)(H2,31,33,36)/t18-/m1/s1. The molecule has 0 radical (unpaired) electrons. The second kappa shape index (κ2) is 12.7. The lowest BCUT2D eigenvalue weighted by Gasteiger charge is -2.29. The largest absolute Gasteiger partial charge is 0.489 e. The lowest BCUT2D eigenvalue weighted by molar-refractivity contribution is 0.114. The highest BCUT2D eigenvalue weighted by Crippen LogP contribution is 2.32. The second-order valence-electron chi connectivity index (χ2n) is 10.4. The van der Waals surface area contributed by atoms with E-state index in [0.29, 0.717) is 35.6 Å². The van der Waals surface area contributed by atoms with Gasteiger partial charge in [0, 0.05) is 56.7 Å². The molecule has 0 spiro atoms. The highest BCUT2D eigenvalue weighted by Gasteiger charge is 2.22. The zero-order valence-electron chi connectivity index (χ0n) is 23.8. The first-order chi connectivity index (χ1) is 19.8. The molecule has 3 N–H and O–H groups in total. The number of anilines is 2. The average Bonchev–Trinajstić information content (AvgIpc) is 3.22. The van der Waals surface area contributed by atoms with Crippen LogP contribution >= 0.6 is 11.6 Å². The SMILES string of the molecule is Cc1nn(C)c(O[C@H](C)CCNc2cc(Cl)ncc2-c2ccc(OC3CCN(C)CC3)cn2)c1-c1nccc(N)n1. The van der Waals surface area contributed by atoms with E-state index in [-0.39, 0.29) is 12.2 Å². The van der Waals surface area contributed by atoms with Crippen LogP contribution in [0.5, 0.6) is 11.6 Å². The number of piperidine rings is 1. The van der Waals surface area contributed by atoms with E-state index in [9.17, 15) is 0 Å².